The van der Waals surface area contributed by atoms with Crippen molar-refractivity contribution < 1.29 is 14.3 Å². The highest BCUT2D eigenvalue weighted by Gasteiger charge is 2.18. The second kappa shape index (κ2) is 7.88. The maximum atomic E-state index is 12.4. The van der Waals surface area contributed by atoms with Crippen LogP contribution in [0.5, 0.6) is 0 Å². The molecule has 1 heterocycles. The van der Waals surface area contributed by atoms with Gasteiger partial charge in [-0.3, -0.25) is 4.79 Å². The lowest BCUT2D eigenvalue weighted by molar-refractivity contribution is 0.0600. The minimum atomic E-state index is -0.504. The molecule has 0 aliphatic carbocycles. The van der Waals surface area contributed by atoms with E-state index in [1.54, 1.807) is 36.4 Å². The molecule has 2 aromatic carbocycles. The van der Waals surface area contributed by atoms with Crippen molar-refractivity contribution in [2.24, 2.45) is 0 Å². The second-order valence-corrected chi connectivity index (χ2v) is 6.07. The van der Waals surface area contributed by atoms with Crippen LogP contribution in [-0.4, -0.2) is 34.0 Å². The van der Waals surface area contributed by atoms with E-state index in [9.17, 15) is 9.59 Å². The molecule has 8 nitrogen and oxygen atoms in total. The summed E-state index contributed by atoms with van der Waals surface area (Å²) in [4.78, 5) is 23.8. The summed E-state index contributed by atoms with van der Waals surface area (Å²) in [6.07, 6.45) is 0. The predicted octanol–water partition coefficient (Wildman–Crippen LogP) is 2.60. The summed E-state index contributed by atoms with van der Waals surface area (Å²) in [5.74, 6) is -0.824. The topological polar surface area (TPSA) is 112 Å². The van der Waals surface area contributed by atoms with Crippen molar-refractivity contribution in [2.45, 2.75) is 6.54 Å². The van der Waals surface area contributed by atoms with E-state index in [0.29, 0.717) is 22.8 Å². The third-order valence-electron chi connectivity index (χ3n) is 3.77. The Balaban J connectivity index is 1.72. The smallest absolute Gasteiger partial charge is 0.337 e. The van der Waals surface area contributed by atoms with Crippen LogP contribution in [0.15, 0.2) is 48.5 Å². The van der Waals surface area contributed by atoms with E-state index < -0.39 is 11.9 Å². The molecule has 0 saturated carbocycles. The quantitative estimate of drug-likeness (QED) is 0.653. The molecule has 1 amide bonds. The van der Waals surface area contributed by atoms with Crippen molar-refractivity contribution >= 4 is 35.0 Å². The summed E-state index contributed by atoms with van der Waals surface area (Å²) in [5, 5.41) is 11.0. The van der Waals surface area contributed by atoms with Gasteiger partial charge in [0, 0.05) is 10.7 Å². The molecule has 138 valence electrons. The van der Waals surface area contributed by atoms with Gasteiger partial charge in [-0.25, -0.2) is 9.48 Å². The number of nitrogens with one attached hydrogen (secondary N) is 1. The van der Waals surface area contributed by atoms with Gasteiger partial charge in [0.2, 0.25) is 0 Å². The van der Waals surface area contributed by atoms with Crippen LogP contribution in [0.1, 0.15) is 26.4 Å². The second-order valence-electron chi connectivity index (χ2n) is 5.63. The number of halogens is 1. The average Bonchev–Trinajstić information content (AvgIpc) is 3.02. The molecule has 0 bridgehead atoms. The van der Waals surface area contributed by atoms with Gasteiger partial charge >= 0.3 is 5.97 Å². The molecule has 0 aliphatic rings. The van der Waals surface area contributed by atoms with Gasteiger partial charge in [-0.1, -0.05) is 28.9 Å². The van der Waals surface area contributed by atoms with Crippen LogP contribution < -0.4 is 11.1 Å². The van der Waals surface area contributed by atoms with Gasteiger partial charge in [-0.15, -0.1) is 5.10 Å². The number of esters is 1. The average molecular weight is 386 g/mol. The van der Waals surface area contributed by atoms with Crippen LogP contribution in [0.3, 0.4) is 0 Å². The van der Waals surface area contributed by atoms with Crippen molar-refractivity contribution in [3.63, 3.8) is 0 Å². The Morgan fingerprint density at radius 3 is 2.63 bits per heavy atom. The Kier molecular flexibility index (Phi) is 5.37. The number of hydrogen-bond donors (Lipinski definition) is 2. The van der Waals surface area contributed by atoms with E-state index in [4.69, 9.17) is 17.3 Å². The molecule has 0 unspecified atom stereocenters. The third-order valence-corrected chi connectivity index (χ3v) is 4.01. The largest absolute Gasteiger partial charge is 0.465 e. The van der Waals surface area contributed by atoms with Gasteiger partial charge < -0.3 is 15.8 Å². The Bertz CT molecular complexity index is 985. The summed E-state index contributed by atoms with van der Waals surface area (Å²) in [7, 11) is 1.30. The minimum Gasteiger partial charge on any atom is -0.465 e. The molecule has 0 spiro atoms. The number of methoxy groups -OCH3 is 1. The molecular weight excluding hydrogens is 370 g/mol. The number of rotatable bonds is 5. The molecule has 3 aromatic rings. The van der Waals surface area contributed by atoms with E-state index in [2.05, 4.69) is 20.4 Å². The SMILES string of the molecule is COC(=O)c1ccc(NC(=O)c2nnn(Cc3cccc(Cl)c3)c2N)cc1. The van der Waals surface area contributed by atoms with Gasteiger partial charge in [-0.05, 0) is 42.0 Å². The van der Waals surface area contributed by atoms with E-state index in [1.165, 1.54) is 11.8 Å². The molecule has 0 aliphatic heterocycles. The zero-order valence-electron chi connectivity index (χ0n) is 14.3. The zero-order chi connectivity index (χ0) is 19.4. The molecular formula is C18H16ClN5O3. The predicted molar refractivity (Wildman–Crippen MR) is 101 cm³/mol. The molecule has 0 radical (unpaired) electrons. The van der Waals surface area contributed by atoms with E-state index >= 15 is 0 Å². The maximum absolute atomic E-state index is 12.4. The highest BCUT2D eigenvalue weighted by atomic mass is 35.5. The summed E-state index contributed by atoms with van der Waals surface area (Å²) < 4.78 is 6.05. The van der Waals surface area contributed by atoms with Crippen LogP contribution in [0.2, 0.25) is 5.02 Å². The zero-order valence-corrected chi connectivity index (χ0v) is 15.1. The van der Waals surface area contributed by atoms with E-state index in [0.717, 1.165) is 5.56 Å². The van der Waals surface area contributed by atoms with E-state index in [1.807, 2.05) is 12.1 Å². The number of nitrogens with zero attached hydrogens (tertiary/aromatic N) is 3. The number of ether oxygens (including phenoxy) is 1. The highest BCUT2D eigenvalue weighted by molar-refractivity contribution is 6.30. The summed E-state index contributed by atoms with van der Waals surface area (Å²) >= 11 is 5.97. The van der Waals surface area contributed by atoms with Gasteiger partial charge in [0.15, 0.2) is 11.5 Å². The number of aromatic nitrogens is 3. The fraction of sp³-hybridized carbons (Fsp3) is 0.111. The van der Waals surface area contributed by atoms with Crippen LogP contribution in [0.25, 0.3) is 0 Å². The molecule has 0 atom stereocenters. The fourth-order valence-corrected chi connectivity index (χ4v) is 2.62. The molecule has 1 aromatic heterocycles. The van der Waals surface area contributed by atoms with Gasteiger partial charge in [-0.2, -0.15) is 0 Å². The van der Waals surface area contributed by atoms with Crippen LogP contribution >= 0.6 is 11.6 Å². The van der Waals surface area contributed by atoms with Crippen molar-refractivity contribution in [1.82, 2.24) is 15.0 Å². The number of amides is 1. The van der Waals surface area contributed by atoms with E-state index in [-0.39, 0.29) is 11.5 Å². The first-order chi connectivity index (χ1) is 13.0. The standard InChI is InChI=1S/C18H16ClN5O3/c1-27-18(26)12-5-7-14(8-6-12)21-17(25)15-16(20)24(23-22-15)10-11-3-2-4-13(19)9-11/h2-9H,10,20H2,1H3,(H,21,25). The number of carbonyl (C=O) groups is 2. The number of nitrogen functional groups attached to an aromatic ring is 1. The lowest BCUT2D eigenvalue weighted by Gasteiger charge is -2.06. The first-order valence-corrected chi connectivity index (χ1v) is 8.29. The highest BCUT2D eigenvalue weighted by Crippen LogP contribution is 2.16. The number of carbonyl (C=O) groups excluding carboxylic acids is 2. The van der Waals surface area contributed by atoms with Crippen molar-refractivity contribution in [1.29, 1.82) is 0 Å². The van der Waals surface area contributed by atoms with Crippen LogP contribution in [0, 0.1) is 0 Å². The molecule has 0 fully saturated rings. The molecule has 9 heteroatoms. The van der Waals surface area contributed by atoms with Crippen molar-refractivity contribution in [3.05, 3.63) is 70.4 Å². The number of nitrogens with two attached hydrogens (primary N) is 1. The third kappa shape index (κ3) is 4.24. The lowest BCUT2D eigenvalue weighted by Crippen LogP contribution is -2.15. The van der Waals surface area contributed by atoms with Crippen molar-refractivity contribution in [2.75, 3.05) is 18.2 Å². The summed E-state index contributed by atoms with van der Waals surface area (Å²) in [6, 6.07) is 13.5. The molecule has 3 N–H and O–H groups in total. The summed E-state index contributed by atoms with van der Waals surface area (Å²) in [6.45, 7) is 0.334. The van der Waals surface area contributed by atoms with Crippen molar-refractivity contribution in [3.8, 4) is 0 Å². The Hall–Kier alpha value is -3.39. The fourth-order valence-electron chi connectivity index (χ4n) is 2.40. The lowest BCUT2D eigenvalue weighted by atomic mass is 10.2. The molecule has 3 rings (SSSR count). The molecule has 0 saturated heterocycles. The number of anilines is 2. The maximum Gasteiger partial charge on any atom is 0.337 e. The number of benzene rings is 2. The van der Waals surface area contributed by atoms with Crippen LogP contribution in [0.4, 0.5) is 11.5 Å². The summed E-state index contributed by atoms with van der Waals surface area (Å²) in [5.41, 5.74) is 7.76. The number of hydrogen-bond acceptors (Lipinski definition) is 6. The van der Waals surface area contributed by atoms with Gasteiger partial charge in [0.1, 0.15) is 0 Å². The normalized spacial score (nSPS) is 10.4. The van der Waals surface area contributed by atoms with Gasteiger partial charge in [0.05, 0.1) is 19.2 Å². The van der Waals surface area contributed by atoms with Gasteiger partial charge in [0.25, 0.3) is 5.91 Å². The Labute approximate surface area is 159 Å². The Morgan fingerprint density at radius 2 is 1.96 bits per heavy atom. The Morgan fingerprint density at radius 1 is 1.22 bits per heavy atom. The first-order valence-electron chi connectivity index (χ1n) is 7.91. The monoisotopic (exact) mass is 385 g/mol. The van der Waals surface area contributed by atoms with Crippen LogP contribution in [-0.2, 0) is 11.3 Å². The molecule has 27 heavy (non-hydrogen) atoms. The minimum absolute atomic E-state index is 0.00840. The first kappa shape index (κ1) is 18.4.